The van der Waals surface area contributed by atoms with Crippen molar-refractivity contribution in [1.82, 2.24) is 0 Å². The Kier molecular flexibility index (Phi) is 4.19. The van der Waals surface area contributed by atoms with E-state index in [1.807, 2.05) is 0 Å². The lowest BCUT2D eigenvalue weighted by Gasteiger charge is -2.07. The van der Waals surface area contributed by atoms with Crippen LogP contribution in [-0.2, 0) is 9.84 Å². The average Bonchev–Trinajstić information content (AvgIpc) is 2.26. The summed E-state index contributed by atoms with van der Waals surface area (Å²) in [5.74, 6) is -0.185. The normalized spacial score (nSPS) is 13.3. The quantitative estimate of drug-likeness (QED) is 0.629. The summed E-state index contributed by atoms with van der Waals surface area (Å²) in [6.07, 6.45) is 0.272. The number of sulfone groups is 1. The second-order valence-electron chi connectivity index (χ2n) is 3.81. The van der Waals surface area contributed by atoms with Crippen LogP contribution in [0.5, 0.6) is 0 Å². The van der Waals surface area contributed by atoms with Gasteiger partial charge in [0.1, 0.15) is 4.90 Å². The maximum atomic E-state index is 11.9. The Morgan fingerprint density at radius 2 is 2.00 bits per heavy atom. The summed E-state index contributed by atoms with van der Waals surface area (Å²) in [7, 11) is -3.65. The van der Waals surface area contributed by atoms with Gasteiger partial charge in [-0.3, -0.25) is 10.1 Å². The molecule has 0 aliphatic heterocycles. The number of benzene rings is 1. The molecule has 0 heterocycles. The molecule has 1 aromatic carbocycles. The minimum Gasteiger partial charge on any atom is -0.328 e. The zero-order valence-corrected chi connectivity index (χ0v) is 10.2. The SMILES string of the molecule is CC(N)CCS(=O)(=O)c1ccccc1[N+](=O)[O-]. The summed E-state index contributed by atoms with van der Waals surface area (Å²) in [5, 5.41) is 10.7. The van der Waals surface area contributed by atoms with E-state index >= 15 is 0 Å². The van der Waals surface area contributed by atoms with Crippen LogP contribution in [0.1, 0.15) is 13.3 Å². The highest BCUT2D eigenvalue weighted by atomic mass is 32.2. The lowest BCUT2D eigenvalue weighted by Crippen LogP contribution is -2.20. The van der Waals surface area contributed by atoms with Crippen LogP contribution in [0.4, 0.5) is 5.69 Å². The van der Waals surface area contributed by atoms with Gasteiger partial charge in [-0.15, -0.1) is 0 Å². The van der Waals surface area contributed by atoms with Gasteiger partial charge >= 0.3 is 0 Å². The van der Waals surface area contributed by atoms with E-state index in [1.54, 1.807) is 6.92 Å². The van der Waals surface area contributed by atoms with Crippen LogP contribution in [0.15, 0.2) is 29.2 Å². The summed E-state index contributed by atoms with van der Waals surface area (Å²) in [5.41, 5.74) is 5.09. The van der Waals surface area contributed by atoms with Gasteiger partial charge in [-0.25, -0.2) is 8.42 Å². The molecule has 0 aliphatic carbocycles. The zero-order valence-electron chi connectivity index (χ0n) is 9.37. The van der Waals surface area contributed by atoms with Gasteiger partial charge in [-0.05, 0) is 19.4 Å². The number of rotatable bonds is 5. The average molecular weight is 258 g/mol. The van der Waals surface area contributed by atoms with Gasteiger partial charge in [-0.2, -0.15) is 0 Å². The molecule has 7 heteroatoms. The molecule has 0 amide bonds. The fraction of sp³-hybridized carbons (Fsp3) is 0.400. The van der Waals surface area contributed by atoms with Crippen LogP contribution >= 0.6 is 0 Å². The largest absolute Gasteiger partial charge is 0.328 e. The first-order chi connectivity index (χ1) is 7.84. The molecule has 17 heavy (non-hydrogen) atoms. The number of nitrogens with zero attached hydrogens (tertiary/aromatic N) is 1. The molecule has 1 unspecified atom stereocenters. The fourth-order valence-electron chi connectivity index (χ4n) is 1.32. The van der Waals surface area contributed by atoms with E-state index < -0.39 is 20.4 Å². The number of hydrogen-bond acceptors (Lipinski definition) is 5. The number of hydrogen-bond donors (Lipinski definition) is 1. The van der Waals surface area contributed by atoms with E-state index in [2.05, 4.69) is 0 Å². The third-order valence-electron chi connectivity index (χ3n) is 2.24. The summed E-state index contributed by atoms with van der Waals surface area (Å²) >= 11 is 0. The molecule has 2 N–H and O–H groups in total. The summed E-state index contributed by atoms with van der Waals surface area (Å²) < 4.78 is 23.8. The molecule has 1 rings (SSSR count). The Labute approximate surface area is 99.5 Å². The van der Waals surface area contributed by atoms with Crippen LogP contribution in [0.25, 0.3) is 0 Å². The molecule has 0 saturated heterocycles. The Bertz CT molecular complexity index is 511. The summed E-state index contributed by atoms with van der Waals surface area (Å²) in [6, 6.07) is 5.06. The predicted molar refractivity (Wildman–Crippen MR) is 63.4 cm³/mol. The van der Waals surface area contributed by atoms with E-state index in [1.165, 1.54) is 24.3 Å². The van der Waals surface area contributed by atoms with Crippen molar-refractivity contribution in [3.05, 3.63) is 34.4 Å². The maximum absolute atomic E-state index is 11.9. The Hall–Kier alpha value is -1.47. The Balaban J connectivity index is 3.11. The number of nitro benzene ring substituents is 1. The topological polar surface area (TPSA) is 103 Å². The fourth-order valence-corrected chi connectivity index (χ4v) is 2.97. The van der Waals surface area contributed by atoms with Crippen molar-refractivity contribution < 1.29 is 13.3 Å². The smallest absolute Gasteiger partial charge is 0.287 e. The molecule has 0 aliphatic rings. The van der Waals surface area contributed by atoms with Crippen molar-refractivity contribution in [2.45, 2.75) is 24.3 Å². The monoisotopic (exact) mass is 258 g/mol. The Morgan fingerprint density at radius 3 is 2.53 bits per heavy atom. The van der Waals surface area contributed by atoms with Gasteiger partial charge in [0, 0.05) is 12.1 Å². The lowest BCUT2D eigenvalue weighted by atomic mass is 10.3. The van der Waals surface area contributed by atoms with Gasteiger partial charge in [0.15, 0.2) is 9.84 Å². The van der Waals surface area contributed by atoms with Gasteiger partial charge in [0.25, 0.3) is 5.69 Å². The van der Waals surface area contributed by atoms with Crippen molar-refractivity contribution in [2.24, 2.45) is 5.73 Å². The lowest BCUT2D eigenvalue weighted by molar-refractivity contribution is -0.387. The minimum atomic E-state index is -3.65. The second kappa shape index (κ2) is 5.24. The van der Waals surface area contributed by atoms with Crippen LogP contribution in [0.2, 0.25) is 0 Å². The van der Waals surface area contributed by atoms with Crippen molar-refractivity contribution in [2.75, 3.05) is 5.75 Å². The van der Waals surface area contributed by atoms with Gasteiger partial charge < -0.3 is 5.73 Å². The van der Waals surface area contributed by atoms with E-state index in [9.17, 15) is 18.5 Å². The van der Waals surface area contributed by atoms with Gasteiger partial charge in [-0.1, -0.05) is 12.1 Å². The first-order valence-electron chi connectivity index (χ1n) is 5.06. The Morgan fingerprint density at radius 1 is 1.41 bits per heavy atom. The first-order valence-corrected chi connectivity index (χ1v) is 6.71. The van der Waals surface area contributed by atoms with Crippen molar-refractivity contribution >= 4 is 15.5 Å². The van der Waals surface area contributed by atoms with E-state index in [4.69, 9.17) is 5.73 Å². The summed E-state index contributed by atoms with van der Waals surface area (Å²) in [6.45, 7) is 1.69. The highest BCUT2D eigenvalue weighted by Crippen LogP contribution is 2.24. The van der Waals surface area contributed by atoms with Crippen molar-refractivity contribution in [3.8, 4) is 0 Å². The second-order valence-corrected chi connectivity index (χ2v) is 5.89. The highest BCUT2D eigenvalue weighted by Gasteiger charge is 2.24. The van der Waals surface area contributed by atoms with Crippen molar-refractivity contribution in [3.63, 3.8) is 0 Å². The summed E-state index contributed by atoms with van der Waals surface area (Å²) in [4.78, 5) is 9.78. The van der Waals surface area contributed by atoms with Crippen LogP contribution in [0.3, 0.4) is 0 Å². The molecule has 0 radical (unpaired) electrons. The molecule has 0 fully saturated rings. The number of nitrogens with two attached hydrogens (primary N) is 1. The molecule has 0 saturated carbocycles. The molecular formula is C10H14N2O4S. The molecule has 94 valence electrons. The predicted octanol–water partition coefficient (Wildman–Crippen LogP) is 1.11. The van der Waals surface area contributed by atoms with Gasteiger partial charge in [0.05, 0.1) is 10.7 Å². The molecule has 0 aromatic heterocycles. The van der Waals surface area contributed by atoms with E-state index in [0.29, 0.717) is 0 Å². The highest BCUT2D eigenvalue weighted by molar-refractivity contribution is 7.91. The number of para-hydroxylation sites is 1. The number of nitro groups is 1. The molecule has 6 nitrogen and oxygen atoms in total. The third kappa shape index (κ3) is 3.50. The first kappa shape index (κ1) is 13.6. The molecular weight excluding hydrogens is 244 g/mol. The standard InChI is InChI=1S/C10H14N2O4S/c1-8(11)6-7-17(15,16)10-5-3-2-4-9(10)12(13)14/h2-5,8H,6-7,11H2,1H3. The van der Waals surface area contributed by atoms with Crippen LogP contribution < -0.4 is 5.73 Å². The minimum absolute atomic E-state index is 0.185. The van der Waals surface area contributed by atoms with Crippen molar-refractivity contribution in [1.29, 1.82) is 0 Å². The zero-order chi connectivity index (χ0) is 13.1. The van der Waals surface area contributed by atoms with Crippen LogP contribution in [0, 0.1) is 10.1 Å². The van der Waals surface area contributed by atoms with Crippen LogP contribution in [-0.4, -0.2) is 25.1 Å². The maximum Gasteiger partial charge on any atom is 0.287 e. The van der Waals surface area contributed by atoms with E-state index in [0.717, 1.165) is 0 Å². The molecule has 0 spiro atoms. The molecule has 1 atom stereocenters. The van der Waals surface area contributed by atoms with E-state index in [-0.39, 0.29) is 23.1 Å². The third-order valence-corrected chi connectivity index (χ3v) is 4.03. The molecule has 1 aromatic rings. The molecule has 0 bridgehead atoms. The van der Waals surface area contributed by atoms with Gasteiger partial charge in [0.2, 0.25) is 0 Å².